The van der Waals surface area contributed by atoms with Gasteiger partial charge in [-0.15, -0.1) is 21.5 Å². The topological polar surface area (TPSA) is 72.3 Å². The van der Waals surface area contributed by atoms with Crippen LogP contribution in [0.5, 0.6) is 5.75 Å². The van der Waals surface area contributed by atoms with Gasteiger partial charge in [-0.25, -0.2) is 4.98 Å². The Morgan fingerprint density at radius 1 is 1.07 bits per heavy atom. The lowest BCUT2D eigenvalue weighted by Crippen LogP contribution is -2.13. The molecule has 2 aromatic carbocycles. The van der Waals surface area contributed by atoms with E-state index in [0.717, 1.165) is 54.1 Å². The summed E-state index contributed by atoms with van der Waals surface area (Å²) in [7, 11) is 1.67. The van der Waals surface area contributed by atoms with Gasteiger partial charge in [0.2, 0.25) is 5.13 Å². The number of fused-ring (bicyclic) bond motifs is 3. The fraction of sp³-hybridized carbons (Fsp3) is 0.143. The average molecular weight is 420 g/mol. The number of rotatable bonds is 4. The summed E-state index contributed by atoms with van der Waals surface area (Å²) in [6, 6.07) is 16.3. The molecule has 0 bridgehead atoms. The number of benzene rings is 3. The van der Waals surface area contributed by atoms with Gasteiger partial charge < -0.3 is 4.74 Å². The molecule has 2 heterocycles. The van der Waals surface area contributed by atoms with Crippen molar-refractivity contribution in [1.29, 1.82) is 0 Å². The van der Waals surface area contributed by atoms with E-state index >= 15 is 0 Å². The van der Waals surface area contributed by atoms with Crippen molar-refractivity contribution in [2.24, 2.45) is 5.10 Å². The Morgan fingerprint density at radius 2 is 1.97 bits per heavy atom. The minimum atomic E-state index is 0.678. The lowest BCUT2D eigenvalue weighted by Gasteiger charge is -2.10. The van der Waals surface area contributed by atoms with Crippen LogP contribution in [0.1, 0.15) is 11.9 Å². The minimum Gasteiger partial charge on any atom is -0.497 e. The smallest absolute Gasteiger partial charge is 0.225 e. The second-order valence-corrected chi connectivity index (χ2v) is 8.56. The van der Waals surface area contributed by atoms with E-state index < -0.39 is 0 Å². The zero-order valence-electron chi connectivity index (χ0n) is 15.8. The van der Waals surface area contributed by atoms with Crippen LogP contribution in [0.2, 0.25) is 0 Å². The molecular formula is C21H17N5OS2. The molecule has 0 amide bonds. The Balaban J connectivity index is 1.76. The zero-order valence-corrected chi connectivity index (χ0v) is 17.5. The Bertz CT molecular complexity index is 1370. The standard InChI is InChI=1S/C21H17N5OS2/c1-3-18-23-25-21(29-18)26-24-19-14-7-5-4-6-12(14)10-17-20(19)22-15-9-8-13(27-2)11-16(15)28-17/h4-11H,3H2,1-2H3,(H,25,26)/b24-19+. The van der Waals surface area contributed by atoms with E-state index in [1.54, 1.807) is 18.4 Å². The quantitative estimate of drug-likeness (QED) is 0.331. The third-order valence-corrected chi connectivity index (χ3v) is 6.66. The number of aryl methyl sites for hydroxylation is 1. The molecule has 0 fully saturated rings. The Hall–Kier alpha value is -3.10. The van der Waals surface area contributed by atoms with Crippen molar-refractivity contribution in [1.82, 2.24) is 15.2 Å². The summed E-state index contributed by atoms with van der Waals surface area (Å²) in [4.78, 5) is 5.99. The predicted octanol–water partition coefficient (Wildman–Crippen LogP) is 4.90. The lowest BCUT2D eigenvalue weighted by molar-refractivity contribution is 0.415. The maximum atomic E-state index is 5.37. The van der Waals surface area contributed by atoms with Gasteiger partial charge in [0.25, 0.3) is 0 Å². The third-order valence-electron chi connectivity index (χ3n) is 4.61. The average Bonchev–Trinajstić information content (AvgIpc) is 3.23. The maximum Gasteiger partial charge on any atom is 0.225 e. The van der Waals surface area contributed by atoms with Crippen LogP contribution < -0.4 is 15.5 Å². The highest BCUT2D eigenvalue weighted by atomic mass is 32.1. The summed E-state index contributed by atoms with van der Waals surface area (Å²) in [5.74, 6) is 0.824. The highest BCUT2D eigenvalue weighted by Crippen LogP contribution is 2.33. The van der Waals surface area contributed by atoms with Gasteiger partial charge in [-0.05, 0) is 36.1 Å². The number of hydrogen-bond donors (Lipinski definition) is 1. The molecule has 1 aliphatic carbocycles. The van der Waals surface area contributed by atoms with E-state index in [1.807, 2.05) is 30.3 Å². The molecule has 1 aromatic heterocycles. The fourth-order valence-corrected chi connectivity index (χ4v) is 4.85. The number of methoxy groups -OCH3 is 1. The molecule has 2 aliphatic rings. The van der Waals surface area contributed by atoms with Crippen molar-refractivity contribution in [2.75, 3.05) is 12.5 Å². The predicted molar refractivity (Wildman–Crippen MR) is 119 cm³/mol. The van der Waals surface area contributed by atoms with E-state index in [-0.39, 0.29) is 0 Å². The number of ether oxygens (including phenoxy) is 1. The van der Waals surface area contributed by atoms with Crippen LogP contribution in [0.3, 0.4) is 0 Å². The maximum absolute atomic E-state index is 5.37. The Morgan fingerprint density at radius 3 is 2.79 bits per heavy atom. The van der Waals surface area contributed by atoms with E-state index in [4.69, 9.17) is 14.8 Å². The minimum absolute atomic E-state index is 0.678. The Labute approximate surface area is 174 Å². The van der Waals surface area contributed by atoms with Gasteiger partial charge in [0.15, 0.2) is 0 Å². The van der Waals surface area contributed by atoms with Gasteiger partial charge >= 0.3 is 0 Å². The fourth-order valence-electron chi connectivity index (χ4n) is 3.17. The molecule has 8 heteroatoms. The van der Waals surface area contributed by atoms with Crippen molar-refractivity contribution >= 4 is 48.8 Å². The van der Waals surface area contributed by atoms with Gasteiger partial charge in [-0.3, -0.25) is 5.43 Å². The summed E-state index contributed by atoms with van der Waals surface area (Å²) in [5, 5.41) is 17.6. The number of aromatic nitrogens is 3. The van der Waals surface area contributed by atoms with Gasteiger partial charge in [-0.2, -0.15) is 5.10 Å². The summed E-state index contributed by atoms with van der Waals surface area (Å²) in [6.07, 6.45) is 0.856. The Kier molecular flexibility index (Phi) is 4.57. The number of nitrogens with zero attached hydrogens (tertiary/aromatic N) is 4. The van der Waals surface area contributed by atoms with E-state index in [1.165, 1.54) is 11.3 Å². The van der Waals surface area contributed by atoms with Crippen LogP contribution in [-0.2, 0) is 6.42 Å². The van der Waals surface area contributed by atoms with Crippen molar-refractivity contribution in [3.05, 3.63) is 58.9 Å². The van der Waals surface area contributed by atoms with Crippen LogP contribution in [0.4, 0.5) is 5.13 Å². The first-order valence-corrected chi connectivity index (χ1v) is 10.8. The second kappa shape index (κ2) is 7.38. The molecule has 0 radical (unpaired) electrons. The first-order valence-electron chi connectivity index (χ1n) is 9.17. The van der Waals surface area contributed by atoms with Crippen LogP contribution in [0.25, 0.3) is 31.6 Å². The number of nitrogens with one attached hydrogen (secondary N) is 1. The zero-order chi connectivity index (χ0) is 19.8. The molecule has 6 nitrogen and oxygen atoms in total. The van der Waals surface area contributed by atoms with E-state index in [9.17, 15) is 0 Å². The van der Waals surface area contributed by atoms with E-state index in [2.05, 4.69) is 40.7 Å². The molecule has 0 atom stereocenters. The lowest BCUT2D eigenvalue weighted by atomic mass is 10.1. The SMILES string of the molecule is CCc1nnc(N/N=c2/c3nc4ccc(OC)cc4sc-3cc3ccccc23)s1. The summed E-state index contributed by atoms with van der Waals surface area (Å²) in [5.41, 5.74) is 4.86. The molecule has 5 rings (SSSR count). The van der Waals surface area contributed by atoms with Crippen molar-refractivity contribution < 1.29 is 4.74 Å². The summed E-state index contributed by atoms with van der Waals surface area (Å²) < 4.78 is 6.44. The molecule has 0 saturated heterocycles. The van der Waals surface area contributed by atoms with Gasteiger partial charge in [-0.1, -0.05) is 42.5 Å². The normalized spacial score (nSPS) is 12.1. The van der Waals surface area contributed by atoms with Crippen molar-refractivity contribution in [2.45, 2.75) is 13.3 Å². The monoisotopic (exact) mass is 419 g/mol. The van der Waals surface area contributed by atoms with Crippen LogP contribution in [0, 0.1) is 0 Å². The van der Waals surface area contributed by atoms with Crippen molar-refractivity contribution in [3.8, 4) is 16.3 Å². The molecule has 3 aromatic rings. The molecular weight excluding hydrogens is 402 g/mol. The van der Waals surface area contributed by atoms with Crippen LogP contribution >= 0.6 is 22.7 Å². The summed E-state index contributed by atoms with van der Waals surface area (Å²) >= 11 is 3.19. The highest BCUT2D eigenvalue weighted by molar-refractivity contribution is 7.21. The molecule has 0 saturated carbocycles. The van der Waals surface area contributed by atoms with Gasteiger partial charge in [0.05, 0.1) is 22.2 Å². The molecule has 0 spiro atoms. The molecule has 1 aliphatic heterocycles. The molecule has 1 N–H and O–H groups in total. The van der Waals surface area contributed by atoms with E-state index in [0.29, 0.717) is 5.13 Å². The first-order chi connectivity index (χ1) is 14.2. The number of anilines is 1. The van der Waals surface area contributed by atoms with Gasteiger partial charge in [0.1, 0.15) is 21.8 Å². The molecule has 144 valence electrons. The largest absolute Gasteiger partial charge is 0.497 e. The third kappa shape index (κ3) is 3.30. The molecule has 0 unspecified atom stereocenters. The van der Waals surface area contributed by atoms with Crippen molar-refractivity contribution in [3.63, 3.8) is 0 Å². The van der Waals surface area contributed by atoms with Gasteiger partial charge in [0, 0.05) is 5.39 Å². The summed E-state index contributed by atoms with van der Waals surface area (Å²) in [6.45, 7) is 2.06. The van der Waals surface area contributed by atoms with Crippen LogP contribution in [-0.4, -0.2) is 22.3 Å². The molecule has 29 heavy (non-hydrogen) atoms. The second-order valence-electron chi connectivity index (χ2n) is 6.42. The van der Waals surface area contributed by atoms with Crippen LogP contribution in [0.15, 0.2) is 53.6 Å². The highest BCUT2D eigenvalue weighted by Gasteiger charge is 2.14. The number of hydrogen-bond acceptors (Lipinski definition) is 8. The first kappa shape index (κ1) is 18.0.